The van der Waals surface area contributed by atoms with E-state index in [1.54, 1.807) is 0 Å². The maximum atomic E-state index is 13.7. The van der Waals surface area contributed by atoms with Crippen molar-refractivity contribution in [2.75, 3.05) is 4.72 Å². The monoisotopic (exact) mass is 412 g/mol. The van der Waals surface area contributed by atoms with Crippen molar-refractivity contribution < 1.29 is 27.1 Å². The molecule has 6 nitrogen and oxygen atoms in total. The number of thiazole rings is 1. The van der Waals surface area contributed by atoms with Crippen LogP contribution in [0.15, 0.2) is 27.7 Å². The van der Waals surface area contributed by atoms with E-state index >= 15 is 0 Å². The van der Waals surface area contributed by atoms with Gasteiger partial charge in [0.05, 0.1) is 10.9 Å². The van der Waals surface area contributed by atoms with Gasteiger partial charge in [-0.1, -0.05) is 0 Å². The third kappa shape index (κ3) is 3.78. The van der Waals surface area contributed by atoms with Crippen LogP contribution in [0, 0.1) is 11.6 Å². The van der Waals surface area contributed by atoms with Gasteiger partial charge in [0.15, 0.2) is 5.13 Å². The number of nitrogens with one attached hydrogen (secondary N) is 1. The fourth-order valence-corrected chi connectivity index (χ4v) is 3.90. The second-order valence-corrected chi connectivity index (χ2v) is 7.62. The van der Waals surface area contributed by atoms with Crippen LogP contribution in [0.1, 0.15) is 4.88 Å². The number of sulfonamides is 1. The number of carbonyl (C=O) groups is 1. The molecule has 0 aliphatic carbocycles. The van der Waals surface area contributed by atoms with E-state index in [0.29, 0.717) is 17.0 Å². The van der Waals surface area contributed by atoms with Crippen LogP contribution in [0.5, 0.6) is 0 Å². The summed E-state index contributed by atoms with van der Waals surface area (Å²) in [5, 5.41) is 8.48. The van der Waals surface area contributed by atoms with E-state index in [0.717, 1.165) is 11.3 Å². The number of benzene rings is 1. The molecule has 22 heavy (non-hydrogen) atoms. The van der Waals surface area contributed by atoms with Gasteiger partial charge in [0.1, 0.15) is 16.5 Å². The molecule has 0 saturated carbocycles. The standard InChI is InChI=1S/C11H7BrF2N2O4S2/c12-6-2-8(14)9(3-7(6)13)22(19,20)16-11-15-4-5(21-11)1-10(17)18/h2-4H,1H2,(H,15,16)(H,17,18). The number of nitrogens with zero attached hydrogens (tertiary/aromatic N) is 1. The molecule has 0 radical (unpaired) electrons. The van der Waals surface area contributed by atoms with Gasteiger partial charge < -0.3 is 5.11 Å². The Hall–Kier alpha value is -1.59. The van der Waals surface area contributed by atoms with E-state index in [4.69, 9.17) is 5.11 Å². The van der Waals surface area contributed by atoms with E-state index in [2.05, 4.69) is 20.9 Å². The summed E-state index contributed by atoms with van der Waals surface area (Å²) in [5.41, 5.74) is 0. The van der Waals surface area contributed by atoms with E-state index in [9.17, 15) is 22.0 Å². The minimum Gasteiger partial charge on any atom is -0.481 e. The van der Waals surface area contributed by atoms with E-state index < -0.39 is 32.5 Å². The molecular formula is C11H7BrF2N2O4S2. The number of aliphatic carboxylic acids is 1. The molecule has 0 atom stereocenters. The number of carboxylic acid groups (broad SMARTS) is 1. The molecule has 11 heteroatoms. The average molecular weight is 413 g/mol. The van der Waals surface area contributed by atoms with Gasteiger partial charge in [0, 0.05) is 11.1 Å². The highest BCUT2D eigenvalue weighted by Crippen LogP contribution is 2.26. The Balaban J connectivity index is 2.30. The second-order valence-electron chi connectivity index (χ2n) is 4.00. The fraction of sp³-hybridized carbons (Fsp3) is 0.0909. The first-order valence-corrected chi connectivity index (χ1v) is 8.62. The van der Waals surface area contributed by atoms with Crippen molar-refractivity contribution in [1.29, 1.82) is 0 Å². The van der Waals surface area contributed by atoms with Crippen LogP contribution >= 0.6 is 27.3 Å². The van der Waals surface area contributed by atoms with Gasteiger partial charge in [-0.2, -0.15) is 0 Å². The molecular weight excluding hydrogens is 406 g/mol. The Bertz CT molecular complexity index is 839. The Morgan fingerprint density at radius 2 is 2.05 bits per heavy atom. The van der Waals surface area contributed by atoms with Crippen LogP contribution in [-0.4, -0.2) is 24.5 Å². The number of aromatic nitrogens is 1. The minimum absolute atomic E-state index is 0.140. The molecule has 0 spiro atoms. The summed E-state index contributed by atoms with van der Waals surface area (Å²) in [6.45, 7) is 0. The fourth-order valence-electron chi connectivity index (χ4n) is 1.47. The van der Waals surface area contributed by atoms with Crippen molar-refractivity contribution in [3.63, 3.8) is 0 Å². The van der Waals surface area contributed by atoms with Gasteiger partial charge in [-0.25, -0.2) is 22.2 Å². The summed E-state index contributed by atoms with van der Waals surface area (Å²) in [7, 11) is -4.38. The van der Waals surface area contributed by atoms with Crippen molar-refractivity contribution >= 4 is 48.4 Å². The van der Waals surface area contributed by atoms with Crippen molar-refractivity contribution in [1.82, 2.24) is 4.98 Å². The maximum absolute atomic E-state index is 13.7. The highest BCUT2D eigenvalue weighted by Gasteiger charge is 2.23. The molecule has 0 amide bonds. The van der Waals surface area contributed by atoms with E-state index in [1.807, 2.05) is 4.72 Å². The number of hydrogen-bond acceptors (Lipinski definition) is 5. The van der Waals surface area contributed by atoms with E-state index in [-0.39, 0.29) is 16.0 Å². The Labute approximate surface area is 136 Å². The normalized spacial score (nSPS) is 11.4. The number of hydrogen-bond donors (Lipinski definition) is 2. The lowest BCUT2D eigenvalue weighted by Gasteiger charge is -2.07. The van der Waals surface area contributed by atoms with Crippen LogP contribution < -0.4 is 4.72 Å². The molecule has 0 aliphatic rings. The lowest BCUT2D eigenvalue weighted by Crippen LogP contribution is -2.14. The lowest BCUT2D eigenvalue weighted by atomic mass is 10.3. The topological polar surface area (TPSA) is 96.4 Å². The number of halogens is 3. The zero-order valence-electron chi connectivity index (χ0n) is 10.5. The van der Waals surface area contributed by atoms with Crippen molar-refractivity contribution in [2.24, 2.45) is 0 Å². The van der Waals surface area contributed by atoms with Crippen LogP contribution in [0.2, 0.25) is 0 Å². The first kappa shape index (κ1) is 16.8. The molecule has 2 aromatic rings. The predicted molar refractivity (Wildman–Crippen MR) is 78.3 cm³/mol. The first-order chi connectivity index (χ1) is 10.2. The first-order valence-electron chi connectivity index (χ1n) is 5.53. The van der Waals surface area contributed by atoms with Gasteiger partial charge in [-0.3, -0.25) is 9.52 Å². The summed E-state index contributed by atoms with van der Waals surface area (Å²) >= 11 is 3.53. The third-order valence-electron chi connectivity index (χ3n) is 2.37. The number of carboxylic acids is 1. The zero-order valence-corrected chi connectivity index (χ0v) is 13.7. The molecule has 0 fully saturated rings. The molecule has 1 aromatic heterocycles. The Morgan fingerprint density at radius 1 is 1.36 bits per heavy atom. The van der Waals surface area contributed by atoms with Crippen LogP contribution in [0.25, 0.3) is 0 Å². The molecule has 118 valence electrons. The number of anilines is 1. The lowest BCUT2D eigenvalue weighted by molar-refractivity contribution is -0.136. The van der Waals surface area contributed by atoms with Gasteiger partial charge in [-0.05, 0) is 28.1 Å². The molecule has 0 saturated heterocycles. The molecule has 1 aromatic carbocycles. The summed E-state index contributed by atoms with van der Waals surface area (Å²) in [6.07, 6.45) is 0.871. The van der Waals surface area contributed by atoms with Gasteiger partial charge in [-0.15, -0.1) is 11.3 Å². The van der Waals surface area contributed by atoms with Gasteiger partial charge >= 0.3 is 5.97 Å². The maximum Gasteiger partial charge on any atom is 0.308 e. The summed E-state index contributed by atoms with van der Waals surface area (Å²) in [5.74, 6) is -3.17. The van der Waals surface area contributed by atoms with Crippen LogP contribution in [0.4, 0.5) is 13.9 Å². The van der Waals surface area contributed by atoms with Crippen LogP contribution in [-0.2, 0) is 21.2 Å². The quantitative estimate of drug-likeness (QED) is 0.735. The Kier molecular flexibility index (Phi) is 4.78. The van der Waals surface area contributed by atoms with Gasteiger partial charge in [0.25, 0.3) is 10.0 Å². The van der Waals surface area contributed by atoms with Gasteiger partial charge in [0.2, 0.25) is 0 Å². The summed E-state index contributed by atoms with van der Waals surface area (Å²) in [6, 6.07) is 1.23. The number of rotatable bonds is 5. The minimum atomic E-state index is -4.38. The molecule has 2 N–H and O–H groups in total. The molecule has 0 unspecified atom stereocenters. The largest absolute Gasteiger partial charge is 0.481 e. The second kappa shape index (κ2) is 6.26. The van der Waals surface area contributed by atoms with Crippen molar-refractivity contribution in [2.45, 2.75) is 11.3 Å². The van der Waals surface area contributed by atoms with E-state index in [1.165, 1.54) is 6.20 Å². The summed E-state index contributed by atoms with van der Waals surface area (Å²) in [4.78, 5) is 13.7. The molecule has 0 aliphatic heterocycles. The molecule has 0 bridgehead atoms. The SMILES string of the molecule is O=C(O)Cc1cnc(NS(=O)(=O)c2cc(F)c(Br)cc2F)s1. The zero-order chi connectivity index (χ0) is 16.5. The third-order valence-corrected chi connectivity index (χ3v) is 5.37. The predicted octanol–water partition coefficient (Wildman–Crippen LogP) is 2.61. The summed E-state index contributed by atoms with van der Waals surface area (Å²) < 4.78 is 52.9. The highest BCUT2D eigenvalue weighted by molar-refractivity contribution is 9.10. The smallest absolute Gasteiger partial charge is 0.308 e. The average Bonchev–Trinajstić information content (AvgIpc) is 2.79. The Morgan fingerprint density at radius 3 is 2.68 bits per heavy atom. The van der Waals surface area contributed by atoms with Crippen molar-refractivity contribution in [3.8, 4) is 0 Å². The van der Waals surface area contributed by atoms with Crippen LogP contribution in [0.3, 0.4) is 0 Å². The molecule has 2 rings (SSSR count). The van der Waals surface area contributed by atoms with Crippen molar-refractivity contribution in [3.05, 3.63) is 39.3 Å². The molecule has 1 heterocycles. The highest BCUT2D eigenvalue weighted by atomic mass is 79.9.